The predicted molar refractivity (Wildman–Crippen MR) is 32.6 cm³/mol. The largest absolute Gasteiger partial charge is 0.388 e. The Balaban J connectivity index is 2.06. The van der Waals surface area contributed by atoms with Crippen molar-refractivity contribution in [2.24, 2.45) is 0 Å². The summed E-state index contributed by atoms with van der Waals surface area (Å²) in [5.74, 6) is 0. The van der Waals surface area contributed by atoms with Gasteiger partial charge in [-0.15, -0.1) is 0 Å². The second-order valence-corrected chi connectivity index (χ2v) is 2.68. The van der Waals surface area contributed by atoms with Crippen molar-refractivity contribution in [3.8, 4) is 0 Å². The highest BCUT2D eigenvalue weighted by molar-refractivity contribution is 4.85. The zero-order valence-corrected chi connectivity index (χ0v) is 5.84. The van der Waals surface area contributed by atoms with E-state index in [9.17, 15) is 5.11 Å². The predicted octanol–water partition coefficient (Wildman–Crippen LogP) is -1.56. The van der Waals surface area contributed by atoms with E-state index >= 15 is 0 Å². The average molecular weight is 162 g/mol. The molecule has 2 fully saturated rings. The lowest BCUT2D eigenvalue weighted by Crippen LogP contribution is -2.51. The summed E-state index contributed by atoms with van der Waals surface area (Å²) >= 11 is 0. The van der Waals surface area contributed by atoms with Crippen LogP contribution in [0.4, 0.5) is 0 Å². The maximum Gasteiger partial charge on any atom is 0.189 e. The highest BCUT2D eigenvalue weighted by Gasteiger charge is 2.43. The SMILES string of the molecule is OC1COC2OCOC2C1O. The third kappa shape index (κ3) is 1.15. The molecule has 2 saturated heterocycles. The van der Waals surface area contributed by atoms with E-state index in [0.717, 1.165) is 0 Å². The van der Waals surface area contributed by atoms with Gasteiger partial charge in [-0.2, -0.15) is 0 Å². The summed E-state index contributed by atoms with van der Waals surface area (Å²) < 4.78 is 15.0. The summed E-state index contributed by atoms with van der Waals surface area (Å²) in [4.78, 5) is 0. The first-order valence-corrected chi connectivity index (χ1v) is 3.50. The minimum atomic E-state index is -0.892. The minimum Gasteiger partial charge on any atom is -0.388 e. The molecule has 0 aromatic heterocycles. The molecule has 2 N–H and O–H groups in total. The maximum absolute atomic E-state index is 9.31. The number of aliphatic hydroxyl groups is 2. The van der Waals surface area contributed by atoms with Crippen molar-refractivity contribution in [1.82, 2.24) is 0 Å². The van der Waals surface area contributed by atoms with Crippen molar-refractivity contribution in [3.05, 3.63) is 0 Å². The van der Waals surface area contributed by atoms with Gasteiger partial charge in [0.25, 0.3) is 0 Å². The Kier molecular flexibility index (Phi) is 1.82. The standard InChI is InChI=1S/C6H10O5/c7-3-1-9-6-5(4(3)8)10-2-11-6/h3-8H,1-2H2. The quantitative estimate of drug-likeness (QED) is 0.450. The molecule has 64 valence electrons. The lowest BCUT2D eigenvalue weighted by Gasteiger charge is -2.31. The van der Waals surface area contributed by atoms with E-state index in [1.54, 1.807) is 0 Å². The topological polar surface area (TPSA) is 68.2 Å². The van der Waals surface area contributed by atoms with Crippen LogP contribution in [0.2, 0.25) is 0 Å². The fraction of sp³-hybridized carbons (Fsp3) is 1.00. The van der Waals surface area contributed by atoms with E-state index in [1.807, 2.05) is 0 Å². The summed E-state index contributed by atoms with van der Waals surface area (Å²) in [6.45, 7) is 0.227. The summed E-state index contributed by atoms with van der Waals surface area (Å²) in [5.41, 5.74) is 0. The molecule has 4 atom stereocenters. The Morgan fingerprint density at radius 3 is 2.73 bits per heavy atom. The van der Waals surface area contributed by atoms with Crippen molar-refractivity contribution < 1.29 is 24.4 Å². The minimum absolute atomic E-state index is 0.103. The van der Waals surface area contributed by atoms with Crippen molar-refractivity contribution in [2.45, 2.75) is 24.6 Å². The zero-order chi connectivity index (χ0) is 7.84. The average Bonchev–Trinajstić information content (AvgIpc) is 2.45. The van der Waals surface area contributed by atoms with Gasteiger partial charge in [-0.25, -0.2) is 0 Å². The van der Waals surface area contributed by atoms with Gasteiger partial charge in [0.05, 0.1) is 6.61 Å². The smallest absolute Gasteiger partial charge is 0.189 e. The van der Waals surface area contributed by atoms with E-state index in [4.69, 9.17) is 19.3 Å². The Labute approximate surface area is 63.5 Å². The molecule has 0 aromatic rings. The third-order valence-corrected chi connectivity index (χ3v) is 1.92. The van der Waals surface area contributed by atoms with Gasteiger partial charge in [-0.1, -0.05) is 0 Å². The fourth-order valence-electron chi connectivity index (χ4n) is 1.27. The number of hydrogen-bond donors (Lipinski definition) is 2. The highest BCUT2D eigenvalue weighted by atomic mass is 16.8. The molecule has 0 radical (unpaired) electrons. The number of rotatable bonds is 0. The third-order valence-electron chi connectivity index (χ3n) is 1.92. The van der Waals surface area contributed by atoms with Crippen LogP contribution < -0.4 is 0 Å². The molecule has 2 rings (SSSR count). The molecule has 0 spiro atoms. The molecule has 5 nitrogen and oxygen atoms in total. The first-order valence-electron chi connectivity index (χ1n) is 3.50. The summed E-state index contributed by atoms with van der Waals surface area (Å²) in [5, 5.41) is 18.4. The van der Waals surface area contributed by atoms with Gasteiger partial charge in [0.15, 0.2) is 13.1 Å². The molecule has 2 heterocycles. The van der Waals surface area contributed by atoms with Crippen LogP contribution in [0, 0.1) is 0 Å². The number of ether oxygens (including phenoxy) is 3. The molecule has 11 heavy (non-hydrogen) atoms. The summed E-state index contributed by atoms with van der Waals surface area (Å²) in [6.07, 6.45) is -2.79. The Bertz CT molecular complexity index is 150. The molecule has 0 bridgehead atoms. The van der Waals surface area contributed by atoms with E-state index in [2.05, 4.69) is 0 Å². The number of fused-ring (bicyclic) bond motifs is 1. The van der Waals surface area contributed by atoms with Crippen LogP contribution >= 0.6 is 0 Å². The van der Waals surface area contributed by atoms with Gasteiger partial charge in [0.2, 0.25) is 0 Å². The van der Waals surface area contributed by atoms with Crippen molar-refractivity contribution in [1.29, 1.82) is 0 Å². The molecule has 4 unspecified atom stereocenters. The van der Waals surface area contributed by atoms with E-state index < -0.39 is 24.6 Å². The number of hydrogen-bond acceptors (Lipinski definition) is 5. The first-order chi connectivity index (χ1) is 5.29. The molecule has 0 saturated carbocycles. The van der Waals surface area contributed by atoms with Crippen LogP contribution in [-0.4, -0.2) is 48.2 Å². The Hall–Kier alpha value is -0.200. The Morgan fingerprint density at radius 1 is 1.09 bits per heavy atom. The molecule has 2 aliphatic rings. The second-order valence-electron chi connectivity index (χ2n) is 2.68. The van der Waals surface area contributed by atoms with E-state index in [-0.39, 0.29) is 13.4 Å². The Morgan fingerprint density at radius 2 is 1.91 bits per heavy atom. The van der Waals surface area contributed by atoms with Gasteiger partial charge >= 0.3 is 0 Å². The van der Waals surface area contributed by atoms with Gasteiger partial charge in [0.1, 0.15) is 18.3 Å². The van der Waals surface area contributed by atoms with Crippen LogP contribution in [0.1, 0.15) is 0 Å². The maximum atomic E-state index is 9.31. The van der Waals surface area contributed by atoms with Crippen LogP contribution in [0.3, 0.4) is 0 Å². The van der Waals surface area contributed by atoms with Gasteiger partial charge < -0.3 is 24.4 Å². The molecular formula is C6H10O5. The van der Waals surface area contributed by atoms with Gasteiger partial charge in [-0.3, -0.25) is 0 Å². The zero-order valence-electron chi connectivity index (χ0n) is 5.84. The number of aliphatic hydroxyl groups excluding tert-OH is 2. The van der Waals surface area contributed by atoms with Crippen LogP contribution in [-0.2, 0) is 14.2 Å². The molecule has 0 aliphatic carbocycles. The van der Waals surface area contributed by atoms with Crippen LogP contribution in [0.5, 0.6) is 0 Å². The second kappa shape index (κ2) is 2.69. The molecule has 0 amide bonds. The van der Waals surface area contributed by atoms with Crippen molar-refractivity contribution in [3.63, 3.8) is 0 Å². The van der Waals surface area contributed by atoms with E-state index in [0.29, 0.717) is 0 Å². The van der Waals surface area contributed by atoms with Crippen molar-refractivity contribution in [2.75, 3.05) is 13.4 Å². The normalized spacial score (nSPS) is 50.7. The van der Waals surface area contributed by atoms with Crippen LogP contribution in [0.15, 0.2) is 0 Å². The van der Waals surface area contributed by atoms with Gasteiger partial charge in [-0.05, 0) is 0 Å². The lowest BCUT2D eigenvalue weighted by atomic mass is 10.1. The molecule has 2 aliphatic heterocycles. The lowest BCUT2D eigenvalue weighted by molar-refractivity contribution is -0.209. The van der Waals surface area contributed by atoms with Gasteiger partial charge in [0, 0.05) is 0 Å². The molecular weight excluding hydrogens is 152 g/mol. The monoisotopic (exact) mass is 162 g/mol. The molecule has 5 heteroatoms. The summed E-state index contributed by atoms with van der Waals surface area (Å²) in [6, 6.07) is 0. The van der Waals surface area contributed by atoms with Crippen molar-refractivity contribution >= 4 is 0 Å². The molecule has 0 aromatic carbocycles. The van der Waals surface area contributed by atoms with Crippen LogP contribution in [0.25, 0.3) is 0 Å². The fourth-order valence-corrected chi connectivity index (χ4v) is 1.27. The van der Waals surface area contributed by atoms with E-state index in [1.165, 1.54) is 0 Å². The highest BCUT2D eigenvalue weighted by Crippen LogP contribution is 2.23. The first kappa shape index (κ1) is 7.45. The summed E-state index contributed by atoms with van der Waals surface area (Å²) in [7, 11) is 0.